The number of nitrogens with one attached hydrogen (secondary N) is 1. The predicted octanol–water partition coefficient (Wildman–Crippen LogP) is 2.45. The molecule has 1 spiro atoms. The maximum atomic E-state index is 11.7. The quantitative estimate of drug-likeness (QED) is 0.865. The number of benzene rings is 1. The van der Waals surface area contributed by atoms with Gasteiger partial charge in [-0.05, 0) is 43.5 Å². The van der Waals surface area contributed by atoms with Crippen LogP contribution in [0.15, 0.2) is 34.7 Å². The number of likely N-dealkylation sites (tertiary alicyclic amines) is 1. The molecule has 2 amide bonds. The van der Waals surface area contributed by atoms with Gasteiger partial charge < -0.3 is 4.42 Å². The van der Waals surface area contributed by atoms with Crippen molar-refractivity contribution < 1.29 is 14.0 Å². The number of carbonyl (C=O) groups is 2. The molecule has 4 rings (SSSR count). The minimum atomic E-state index is -0.121. The molecular formula is C18H20N2O3. The summed E-state index contributed by atoms with van der Waals surface area (Å²) in [5.41, 5.74) is 0.801. The molecule has 5 nitrogen and oxygen atoms in total. The second-order valence-electron chi connectivity index (χ2n) is 6.85. The highest BCUT2D eigenvalue weighted by Gasteiger charge is 2.41. The molecule has 0 atom stereocenters. The van der Waals surface area contributed by atoms with E-state index in [2.05, 4.69) is 22.3 Å². The zero-order valence-electron chi connectivity index (χ0n) is 13.0. The summed E-state index contributed by atoms with van der Waals surface area (Å²) in [6.07, 6.45) is 2.76. The van der Waals surface area contributed by atoms with Crippen molar-refractivity contribution in [2.45, 2.75) is 32.2 Å². The van der Waals surface area contributed by atoms with Crippen LogP contribution in [0.5, 0.6) is 0 Å². The molecule has 1 aromatic carbocycles. The summed E-state index contributed by atoms with van der Waals surface area (Å²) in [4.78, 5) is 25.7. The number of nitrogens with zero attached hydrogens (tertiary/aromatic N) is 1. The van der Waals surface area contributed by atoms with Gasteiger partial charge in [0.1, 0.15) is 11.3 Å². The molecule has 0 bridgehead atoms. The Morgan fingerprint density at radius 2 is 1.78 bits per heavy atom. The molecule has 23 heavy (non-hydrogen) atoms. The summed E-state index contributed by atoms with van der Waals surface area (Å²) in [5.74, 6) is 0.735. The summed E-state index contributed by atoms with van der Waals surface area (Å²) in [6, 6.07) is 10.1. The fourth-order valence-corrected chi connectivity index (χ4v) is 3.86. The normalized spacial score (nSPS) is 21.7. The fourth-order valence-electron chi connectivity index (χ4n) is 3.86. The lowest BCUT2D eigenvalue weighted by molar-refractivity contribution is -0.139. The van der Waals surface area contributed by atoms with Crippen LogP contribution in [0, 0.1) is 5.41 Å². The number of hydrogen-bond acceptors (Lipinski definition) is 4. The lowest BCUT2D eigenvalue weighted by atomic mass is 9.71. The van der Waals surface area contributed by atoms with Crippen molar-refractivity contribution in [1.82, 2.24) is 10.2 Å². The van der Waals surface area contributed by atoms with Crippen molar-refractivity contribution in [2.75, 3.05) is 13.1 Å². The van der Waals surface area contributed by atoms with E-state index in [1.807, 2.05) is 18.2 Å². The molecule has 3 heterocycles. The van der Waals surface area contributed by atoms with Crippen LogP contribution >= 0.6 is 0 Å². The summed E-state index contributed by atoms with van der Waals surface area (Å²) in [6.45, 7) is 2.58. The molecule has 0 radical (unpaired) electrons. The van der Waals surface area contributed by atoms with Crippen LogP contribution < -0.4 is 5.32 Å². The SMILES string of the molecule is O=C1CC2(CCN(Cc3cc4ccccc4o3)CC2)CC(=O)N1. The molecule has 1 aromatic heterocycles. The third-order valence-corrected chi connectivity index (χ3v) is 5.12. The highest BCUT2D eigenvalue weighted by molar-refractivity contribution is 5.98. The van der Waals surface area contributed by atoms with Crippen molar-refractivity contribution in [2.24, 2.45) is 5.41 Å². The van der Waals surface area contributed by atoms with Crippen LogP contribution in [0.1, 0.15) is 31.4 Å². The van der Waals surface area contributed by atoms with Crippen molar-refractivity contribution in [1.29, 1.82) is 0 Å². The lowest BCUT2D eigenvalue weighted by Crippen LogP contribution is -2.49. The predicted molar refractivity (Wildman–Crippen MR) is 85.5 cm³/mol. The van der Waals surface area contributed by atoms with E-state index >= 15 is 0 Å². The molecule has 2 saturated heterocycles. The van der Waals surface area contributed by atoms with Gasteiger partial charge in [-0.25, -0.2) is 0 Å². The average molecular weight is 312 g/mol. The number of carbonyl (C=O) groups excluding carboxylic acids is 2. The van der Waals surface area contributed by atoms with Gasteiger partial charge in [0.05, 0.1) is 6.54 Å². The molecule has 2 fully saturated rings. The van der Waals surface area contributed by atoms with E-state index in [-0.39, 0.29) is 17.2 Å². The van der Waals surface area contributed by atoms with Gasteiger partial charge >= 0.3 is 0 Å². The Labute approximate surface area is 134 Å². The number of furan rings is 1. The molecular weight excluding hydrogens is 292 g/mol. The van der Waals surface area contributed by atoms with E-state index in [0.29, 0.717) is 12.8 Å². The molecule has 2 aliphatic heterocycles. The first kappa shape index (κ1) is 14.5. The maximum Gasteiger partial charge on any atom is 0.227 e. The lowest BCUT2D eigenvalue weighted by Gasteiger charge is -2.42. The maximum absolute atomic E-state index is 11.7. The fraction of sp³-hybridized carbons (Fsp3) is 0.444. The Kier molecular flexibility index (Phi) is 3.45. The van der Waals surface area contributed by atoms with Gasteiger partial charge in [-0.1, -0.05) is 18.2 Å². The highest BCUT2D eigenvalue weighted by atomic mass is 16.3. The van der Waals surface area contributed by atoms with E-state index in [1.54, 1.807) is 0 Å². The largest absolute Gasteiger partial charge is 0.460 e. The molecule has 0 unspecified atom stereocenters. The second-order valence-corrected chi connectivity index (χ2v) is 6.85. The summed E-state index contributed by atoms with van der Waals surface area (Å²) >= 11 is 0. The monoisotopic (exact) mass is 312 g/mol. The van der Waals surface area contributed by atoms with Crippen LogP contribution in [-0.4, -0.2) is 29.8 Å². The second kappa shape index (κ2) is 5.49. The zero-order chi connectivity index (χ0) is 15.9. The van der Waals surface area contributed by atoms with E-state index < -0.39 is 0 Å². The zero-order valence-corrected chi connectivity index (χ0v) is 13.0. The number of hydrogen-bond donors (Lipinski definition) is 1. The number of amides is 2. The minimum absolute atomic E-state index is 0.119. The van der Waals surface area contributed by atoms with E-state index in [1.165, 1.54) is 0 Å². The van der Waals surface area contributed by atoms with Gasteiger partial charge in [-0.2, -0.15) is 0 Å². The minimum Gasteiger partial charge on any atom is -0.460 e. The third-order valence-electron chi connectivity index (χ3n) is 5.12. The standard InChI is InChI=1S/C18H20N2O3/c21-16-10-18(11-17(22)19-16)5-7-20(8-6-18)12-14-9-13-3-1-2-4-15(13)23-14/h1-4,9H,5-8,10-12H2,(H,19,21,22). The van der Waals surface area contributed by atoms with Crippen LogP contribution in [0.4, 0.5) is 0 Å². The Balaban J connectivity index is 1.41. The molecule has 2 aromatic rings. The number of fused-ring (bicyclic) bond motifs is 1. The first-order valence-electron chi connectivity index (χ1n) is 8.14. The number of para-hydroxylation sites is 1. The molecule has 0 saturated carbocycles. The van der Waals surface area contributed by atoms with Crippen molar-refractivity contribution in [3.8, 4) is 0 Å². The van der Waals surface area contributed by atoms with E-state index in [9.17, 15) is 9.59 Å². The van der Waals surface area contributed by atoms with E-state index in [4.69, 9.17) is 4.42 Å². The molecule has 120 valence electrons. The Bertz CT molecular complexity index is 705. The van der Waals surface area contributed by atoms with Crippen molar-refractivity contribution in [3.63, 3.8) is 0 Å². The first-order valence-corrected chi connectivity index (χ1v) is 8.14. The summed E-state index contributed by atoms with van der Waals surface area (Å²) in [7, 11) is 0. The average Bonchev–Trinajstić information content (AvgIpc) is 2.91. The van der Waals surface area contributed by atoms with Crippen LogP contribution in [0.3, 0.4) is 0 Å². The first-order chi connectivity index (χ1) is 11.1. The van der Waals surface area contributed by atoms with Crippen molar-refractivity contribution >= 4 is 22.8 Å². The van der Waals surface area contributed by atoms with Crippen molar-refractivity contribution in [3.05, 3.63) is 36.1 Å². The topological polar surface area (TPSA) is 62.6 Å². The molecule has 1 N–H and O–H groups in total. The van der Waals surface area contributed by atoms with Gasteiger partial charge in [-0.15, -0.1) is 0 Å². The Morgan fingerprint density at radius 3 is 2.48 bits per heavy atom. The van der Waals surface area contributed by atoms with Gasteiger partial charge in [0.15, 0.2) is 0 Å². The van der Waals surface area contributed by atoms with Crippen LogP contribution in [-0.2, 0) is 16.1 Å². The van der Waals surface area contributed by atoms with E-state index in [0.717, 1.165) is 49.2 Å². The number of rotatable bonds is 2. The van der Waals surface area contributed by atoms with Gasteiger partial charge in [0.2, 0.25) is 11.8 Å². The van der Waals surface area contributed by atoms with Gasteiger partial charge in [-0.3, -0.25) is 19.8 Å². The molecule has 0 aliphatic carbocycles. The van der Waals surface area contributed by atoms with Crippen LogP contribution in [0.2, 0.25) is 0 Å². The van der Waals surface area contributed by atoms with Gasteiger partial charge in [0, 0.05) is 18.2 Å². The smallest absolute Gasteiger partial charge is 0.227 e. The highest BCUT2D eigenvalue weighted by Crippen LogP contribution is 2.40. The van der Waals surface area contributed by atoms with Crippen LogP contribution in [0.25, 0.3) is 11.0 Å². The Hall–Kier alpha value is -2.14. The number of piperidine rings is 2. The third kappa shape index (κ3) is 2.88. The summed E-state index contributed by atoms with van der Waals surface area (Å²) in [5, 5.41) is 3.54. The molecule has 2 aliphatic rings. The van der Waals surface area contributed by atoms with Gasteiger partial charge in [0.25, 0.3) is 0 Å². The number of imide groups is 1. The summed E-state index contributed by atoms with van der Waals surface area (Å²) < 4.78 is 5.88. The Morgan fingerprint density at radius 1 is 1.09 bits per heavy atom. The molecule has 5 heteroatoms.